The van der Waals surface area contributed by atoms with Gasteiger partial charge in [-0.1, -0.05) is 6.92 Å². The Balaban J connectivity index is 1.31. The lowest BCUT2D eigenvalue weighted by Gasteiger charge is -2.34. The van der Waals surface area contributed by atoms with Gasteiger partial charge in [-0.3, -0.25) is 4.79 Å². The molecule has 2 heterocycles. The summed E-state index contributed by atoms with van der Waals surface area (Å²) >= 11 is 0. The largest absolute Gasteiger partial charge is 0.371 e. The van der Waals surface area contributed by atoms with Crippen LogP contribution in [0.2, 0.25) is 0 Å². The van der Waals surface area contributed by atoms with Crippen LogP contribution in [0.25, 0.3) is 5.69 Å². The van der Waals surface area contributed by atoms with Gasteiger partial charge in [0.15, 0.2) is 9.84 Å². The van der Waals surface area contributed by atoms with Gasteiger partial charge in [0.25, 0.3) is 5.91 Å². The molecule has 1 aliphatic rings. The number of hydrogen-bond donors (Lipinski definition) is 1. The molecule has 0 atom stereocenters. The van der Waals surface area contributed by atoms with E-state index in [1.54, 1.807) is 42.2 Å². The lowest BCUT2D eigenvalue weighted by atomic mass is 10.0. The number of nitrogens with one attached hydrogen (secondary N) is 1. The van der Waals surface area contributed by atoms with E-state index < -0.39 is 9.84 Å². The third-order valence-electron chi connectivity index (χ3n) is 5.58. The van der Waals surface area contributed by atoms with Crippen LogP contribution >= 0.6 is 0 Å². The number of amides is 1. The van der Waals surface area contributed by atoms with E-state index in [2.05, 4.69) is 20.3 Å². The summed E-state index contributed by atoms with van der Waals surface area (Å²) < 4.78 is 25.6. The van der Waals surface area contributed by atoms with Gasteiger partial charge in [0.05, 0.1) is 16.3 Å². The predicted octanol–water partition coefficient (Wildman–Crippen LogP) is 2.46. The molecule has 0 unspecified atom stereocenters. The van der Waals surface area contributed by atoms with Crippen molar-refractivity contribution >= 4 is 21.4 Å². The van der Waals surface area contributed by atoms with Crippen LogP contribution in [-0.4, -0.2) is 54.0 Å². The molecule has 0 saturated carbocycles. The molecular formula is C22H25N5O3S. The summed E-state index contributed by atoms with van der Waals surface area (Å²) in [7, 11) is -3.18. The van der Waals surface area contributed by atoms with Crippen molar-refractivity contribution < 1.29 is 13.2 Å². The zero-order valence-electron chi connectivity index (χ0n) is 17.3. The van der Waals surface area contributed by atoms with Crippen molar-refractivity contribution in [3.05, 3.63) is 66.7 Å². The minimum atomic E-state index is -3.18. The number of aromatic nitrogens is 3. The van der Waals surface area contributed by atoms with Crippen molar-refractivity contribution in [2.45, 2.75) is 30.7 Å². The molecule has 0 aliphatic carbocycles. The van der Waals surface area contributed by atoms with Gasteiger partial charge in [-0.05, 0) is 61.4 Å². The number of benzene rings is 2. The second-order valence-corrected chi connectivity index (χ2v) is 9.80. The molecule has 1 aliphatic heterocycles. The molecule has 9 heteroatoms. The number of anilines is 1. The first kappa shape index (κ1) is 21.0. The standard InChI is InChI=1S/C22H25N5O3S/c1-2-31(29,30)21-9-7-19(8-10-21)26-13-11-18(12-14-26)25-22(28)17-3-5-20(6-4-17)27-16-23-15-24-27/h3-10,15-16,18H,2,11-14H2,1H3,(H,25,28). The number of rotatable bonds is 6. The normalized spacial score (nSPS) is 15.1. The SMILES string of the molecule is CCS(=O)(=O)c1ccc(N2CCC(NC(=O)c3ccc(-n4cncn4)cc3)CC2)cc1. The molecule has 1 N–H and O–H groups in total. The average molecular weight is 440 g/mol. The maximum Gasteiger partial charge on any atom is 0.251 e. The third-order valence-corrected chi connectivity index (χ3v) is 7.33. The van der Waals surface area contributed by atoms with Crippen LogP contribution in [0.1, 0.15) is 30.1 Å². The van der Waals surface area contributed by atoms with Crippen molar-refractivity contribution in [3.8, 4) is 5.69 Å². The molecule has 0 radical (unpaired) electrons. The van der Waals surface area contributed by atoms with Crippen molar-refractivity contribution in [3.63, 3.8) is 0 Å². The summed E-state index contributed by atoms with van der Waals surface area (Å²) in [6.07, 6.45) is 4.74. The molecule has 0 bridgehead atoms. The van der Waals surface area contributed by atoms with Gasteiger partial charge in [-0.2, -0.15) is 5.10 Å². The molecule has 8 nitrogen and oxygen atoms in total. The van der Waals surface area contributed by atoms with E-state index in [9.17, 15) is 13.2 Å². The Bertz CT molecular complexity index is 1120. The number of hydrogen-bond acceptors (Lipinski definition) is 6. The highest BCUT2D eigenvalue weighted by molar-refractivity contribution is 7.91. The fourth-order valence-corrected chi connectivity index (χ4v) is 4.57. The van der Waals surface area contributed by atoms with E-state index in [4.69, 9.17) is 0 Å². The average Bonchev–Trinajstić information content (AvgIpc) is 3.35. The number of piperidine rings is 1. The van der Waals surface area contributed by atoms with Gasteiger partial charge in [0.1, 0.15) is 12.7 Å². The van der Waals surface area contributed by atoms with Crippen LogP contribution in [-0.2, 0) is 9.84 Å². The Morgan fingerprint density at radius 2 is 1.68 bits per heavy atom. The van der Waals surface area contributed by atoms with Crippen LogP contribution in [0.4, 0.5) is 5.69 Å². The third kappa shape index (κ3) is 4.77. The van der Waals surface area contributed by atoms with Gasteiger partial charge < -0.3 is 10.2 Å². The number of nitrogens with zero attached hydrogens (tertiary/aromatic N) is 4. The second kappa shape index (κ2) is 8.89. The number of sulfone groups is 1. The summed E-state index contributed by atoms with van der Waals surface area (Å²) in [6.45, 7) is 3.25. The van der Waals surface area contributed by atoms with E-state index in [1.165, 1.54) is 6.33 Å². The van der Waals surface area contributed by atoms with Crippen LogP contribution < -0.4 is 10.2 Å². The number of carbonyl (C=O) groups excluding carboxylic acids is 1. The minimum Gasteiger partial charge on any atom is -0.371 e. The first-order chi connectivity index (χ1) is 15.0. The van der Waals surface area contributed by atoms with Gasteiger partial charge in [0, 0.05) is 30.4 Å². The molecular weight excluding hydrogens is 414 g/mol. The van der Waals surface area contributed by atoms with Crippen LogP contribution in [0.3, 0.4) is 0 Å². The Hall–Kier alpha value is -3.20. The van der Waals surface area contributed by atoms with Gasteiger partial charge in [0.2, 0.25) is 0 Å². The minimum absolute atomic E-state index is 0.0854. The van der Waals surface area contributed by atoms with Crippen molar-refractivity contribution in [2.24, 2.45) is 0 Å². The van der Waals surface area contributed by atoms with Crippen LogP contribution in [0, 0.1) is 0 Å². The molecule has 0 spiro atoms. The molecule has 31 heavy (non-hydrogen) atoms. The lowest BCUT2D eigenvalue weighted by molar-refractivity contribution is 0.0931. The molecule has 1 amide bonds. The fraction of sp³-hybridized carbons (Fsp3) is 0.318. The summed E-state index contributed by atoms with van der Waals surface area (Å²) in [5.41, 5.74) is 2.46. The summed E-state index contributed by atoms with van der Waals surface area (Å²) in [4.78, 5) is 19.1. The molecule has 4 rings (SSSR count). The molecule has 162 valence electrons. The van der Waals surface area contributed by atoms with E-state index in [1.807, 2.05) is 24.3 Å². The molecule has 3 aromatic rings. The first-order valence-electron chi connectivity index (χ1n) is 10.3. The quantitative estimate of drug-likeness (QED) is 0.634. The van der Waals surface area contributed by atoms with E-state index >= 15 is 0 Å². The molecule has 1 fully saturated rings. The fourth-order valence-electron chi connectivity index (χ4n) is 3.69. The van der Waals surface area contributed by atoms with Crippen LogP contribution in [0.5, 0.6) is 0 Å². The first-order valence-corrected chi connectivity index (χ1v) is 11.9. The molecule has 1 aromatic heterocycles. The van der Waals surface area contributed by atoms with Gasteiger partial charge in [-0.25, -0.2) is 18.1 Å². The van der Waals surface area contributed by atoms with E-state index in [0.29, 0.717) is 10.5 Å². The highest BCUT2D eigenvalue weighted by atomic mass is 32.2. The molecule has 1 saturated heterocycles. The Kier molecular flexibility index (Phi) is 6.03. The van der Waals surface area contributed by atoms with Crippen molar-refractivity contribution in [2.75, 3.05) is 23.7 Å². The Morgan fingerprint density at radius 3 is 2.26 bits per heavy atom. The van der Waals surface area contributed by atoms with Crippen LogP contribution in [0.15, 0.2) is 66.1 Å². The van der Waals surface area contributed by atoms with Crippen molar-refractivity contribution in [1.29, 1.82) is 0 Å². The smallest absolute Gasteiger partial charge is 0.251 e. The predicted molar refractivity (Wildman–Crippen MR) is 118 cm³/mol. The monoisotopic (exact) mass is 439 g/mol. The maximum absolute atomic E-state index is 12.6. The van der Waals surface area contributed by atoms with E-state index in [-0.39, 0.29) is 17.7 Å². The highest BCUT2D eigenvalue weighted by Crippen LogP contribution is 2.23. The van der Waals surface area contributed by atoms with E-state index in [0.717, 1.165) is 37.3 Å². The zero-order valence-corrected chi connectivity index (χ0v) is 18.1. The zero-order chi connectivity index (χ0) is 21.8. The number of carbonyl (C=O) groups is 1. The van der Waals surface area contributed by atoms with Crippen molar-refractivity contribution in [1.82, 2.24) is 20.1 Å². The maximum atomic E-state index is 12.6. The summed E-state index contributed by atoms with van der Waals surface area (Å²) in [5, 5.41) is 7.20. The Labute approximate surface area is 181 Å². The Morgan fingerprint density at radius 1 is 1.03 bits per heavy atom. The summed E-state index contributed by atoms with van der Waals surface area (Å²) in [6, 6.07) is 14.4. The van der Waals surface area contributed by atoms with Gasteiger partial charge in [-0.15, -0.1) is 0 Å². The second-order valence-electron chi connectivity index (χ2n) is 7.52. The lowest BCUT2D eigenvalue weighted by Crippen LogP contribution is -2.44. The molecule has 2 aromatic carbocycles. The summed E-state index contributed by atoms with van der Waals surface area (Å²) in [5.74, 6) is 0.0124. The highest BCUT2D eigenvalue weighted by Gasteiger charge is 2.22. The van der Waals surface area contributed by atoms with Gasteiger partial charge >= 0.3 is 0 Å². The topological polar surface area (TPSA) is 97.2 Å².